The lowest BCUT2D eigenvalue weighted by Gasteiger charge is -2.44. The van der Waals surface area contributed by atoms with Gasteiger partial charge in [-0.25, -0.2) is 4.79 Å². The zero-order valence-electron chi connectivity index (χ0n) is 15.5. The zero-order chi connectivity index (χ0) is 17.7. The van der Waals surface area contributed by atoms with Crippen LogP contribution >= 0.6 is 0 Å². The summed E-state index contributed by atoms with van der Waals surface area (Å²) < 4.78 is 5.19. The van der Waals surface area contributed by atoms with E-state index in [0.29, 0.717) is 25.1 Å². The summed E-state index contributed by atoms with van der Waals surface area (Å²) in [6.45, 7) is 5.33. The van der Waals surface area contributed by atoms with Gasteiger partial charge in [0, 0.05) is 13.1 Å². The van der Waals surface area contributed by atoms with Crippen molar-refractivity contribution in [2.75, 3.05) is 32.8 Å². The molecule has 3 aliphatic rings. The lowest BCUT2D eigenvalue weighted by atomic mass is 9.71. The monoisotopic (exact) mass is 348 g/mol. The van der Waals surface area contributed by atoms with Crippen molar-refractivity contribution in [2.24, 2.45) is 5.41 Å². The predicted molar refractivity (Wildman–Crippen MR) is 97.1 cm³/mol. The molecule has 1 spiro atoms. The standard InChI is InChI=1S/C20H32N2O3/c1-2-25-19(24)17-9-4-7-14-22(17)18(23)15-21-13-8-12-20(16-21)10-5-3-6-11-20/h3,5,17H,2,4,6-16H2,1H3/t17-,20-/m1/s1. The van der Waals surface area contributed by atoms with Crippen LogP contribution in [0.1, 0.15) is 58.3 Å². The fourth-order valence-electron chi connectivity index (χ4n) is 4.75. The molecule has 0 bridgehead atoms. The molecule has 2 heterocycles. The van der Waals surface area contributed by atoms with Crippen LogP contribution < -0.4 is 0 Å². The maximum absolute atomic E-state index is 12.9. The van der Waals surface area contributed by atoms with Crippen molar-refractivity contribution >= 4 is 11.9 Å². The summed E-state index contributed by atoms with van der Waals surface area (Å²) in [6.07, 6.45) is 13.3. The summed E-state index contributed by atoms with van der Waals surface area (Å²) in [5.41, 5.74) is 0.371. The zero-order valence-corrected chi connectivity index (χ0v) is 15.5. The van der Waals surface area contributed by atoms with Gasteiger partial charge in [-0.2, -0.15) is 0 Å². The highest BCUT2D eigenvalue weighted by Crippen LogP contribution is 2.40. The largest absolute Gasteiger partial charge is 0.464 e. The van der Waals surface area contributed by atoms with Crippen molar-refractivity contribution < 1.29 is 14.3 Å². The van der Waals surface area contributed by atoms with Crippen molar-refractivity contribution in [1.82, 2.24) is 9.80 Å². The third-order valence-corrected chi connectivity index (χ3v) is 6.04. The van der Waals surface area contributed by atoms with Crippen LogP contribution in [-0.2, 0) is 14.3 Å². The number of nitrogens with zero attached hydrogens (tertiary/aromatic N) is 2. The van der Waals surface area contributed by atoms with E-state index in [1.807, 2.05) is 6.92 Å². The van der Waals surface area contributed by atoms with Gasteiger partial charge in [0.1, 0.15) is 6.04 Å². The van der Waals surface area contributed by atoms with Gasteiger partial charge in [-0.3, -0.25) is 9.69 Å². The first kappa shape index (κ1) is 18.4. The van der Waals surface area contributed by atoms with Gasteiger partial charge in [-0.1, -0.05) is 12.2 Å². The van der Waals surface area contributed by atoms with Gasteiger partial charge < -0.3 is 9.64 Å². The summed E-state index contributed by atoms with van der Waals surface area (Å²) in [6, 6.07) is -0.377. The molecular formula is C20H32N2O3. The number of rotatable bonds is 4. The number of hydrogen-bond acceptors (Lipinski definition) is 4. The molecule has 25 heavy (non-hydrogen) atoms. The Morgan fingerprint density at radius 2 is 2.04 bits per heavy atom. The molecule has 0 N–H and O–H groups in total. The third kappa shape index (κ3) is 4.43. The SMILES string of the molecule is CCOC(=O)[C@H]1CCCCN1C(=O)CN1CCC[C@]2(CC=CCC2)C1. The second-order valence-corrected chi connectivity index (χ2v) is 7.88. The van der Waals surface area contributed by atoms with Gasteiger partial charge in [0.15, 0.2) is 0 Å². The number of hydrogen-bond donors (Lipinski definition) is 0. The van der Waals surface area contributed by atoms with E-state index in [4.69, 9.17) is 4.74 Å². The molecule has 5 nitrogen and oxygen atoms in total. The number of ether oxygens (including phenoxy) is 1. The van der Waals surface area contributed by atoms with Gasteiger partial charge in [-0.15, -0.1) is 0 Å². The van der Waals surface area contributed by atoms with E-state index < -0.39 is 0 Å². The van der Waals surface area contributed by atoms with Crippen molar-refractivity contribution in [1.29, 1.82) is 0 Å². The average Bonchev–Trinajstić information content (AvgIpc) is 2.62. The minimum absolute atomic E-state index is 0.0983. The number of esters is 1. The quantitative estimate of drug-likeness (QED) is 0.579. The first-order valence-corrected chi connectivity index (χ1v) is 9.97. The minimum atomic E-state index is -0.377. The summed E-state index contributed by atoms with van der Waals surface area (Å²) in [7, 11) is 0. The highest BCUT2D eigenvalue weighted by atomic mass is 16.5. The molecule has 2 atom stereocenters. The molecule has 0 aromatic carbocycles. The molecule has 2 fully saturated rings. The van der Waals surface area contributed by atoms with E-state index >= 15 is 0 Å². The summed E-state index contributed by atoms with van der Waals surface area (Å²) >= 11 is 0. The second kappa shape index (κ2) is 8.35. The fourth-order valence-corrected chi connectivity index (χ4v) is 4.75. The molecule has 0 unspecified atom stereocenters. The van der Waals surface area contributed by atoms with Gasteiger partial charge in [0.2, 0.25) is 5.91 Å². The highest BCUT2D eigenvalue weighted by Gasteiger charge is 2.38. The predicted octanol–water partition coefficient (Wildman–Crippen LogP) is 2.75. The Labute approximate surface area is 151 Å². The number of allylic oxidation sites excluding steroid dienone is 2. The molecule has 140 valence electrons. The lowest BCUT2D eigenvalue weighted by molar-refractivity contribution is -0.157. The van der Waals surface area contributed by atoms with Gasteiger partial charge in [0.05, 0.1) is 13.2 Å². The Balaban J connectivity index is 1.60. The second-order valence-electron chi connectivity index (χ2n) is 7.88. The molecule has 1 aliphatic carbocycles. The van der Waals surface area contributed by atoms with E-state index in [2.05, 4.69) is 17.1 Å². The van der Waals surface area contributed by atoms with Crippen LogP contribution in [0.15, 0.2) is 12.2 Å². The molecule has 0 saturated carbocycles. The van der Waals surface area contributed by atoms with E-state index in [-0.39, 0.29) is 17.9 Å². The smallest absolute Gasteiger partial charge is 0.328 e. The Morgan fingerprint density at radius 1 is 1.16 bits per heavy atom. The maximum atomic E-state index is 12.9. The topological polar surface area (TPSA) is 49.9 Å². The van der Waals surface area contributed by atoms with E-state index in [1.165, 1.54) is 25.7 Å². The van der Waals surface area contributed by atoms with Crippen LogP contribution in [-0.4, -0.2) is 60.5 Å². The molecule has 3 rings (SSSR count). The van der Waals surface area contributed by atoms with Crippen molar-refractivity contribution in [2.45, 2.75) is 64.3 Å². The number of amides is 1. The molecule has 2 aliphatic heterocycles. The fraction of sp³-hybridized carbons (Fsp3) is 0.800. The van der Waals surface area contributed by atoms with Gasteiger partial charge >= 0.3 is 5.97 Å². The summed E-state index contributed by atoms with van der Waals surface area (Å²) in [5.74, 6) is -0.135. The van der Waals surface area contributed by atoms with Crippen LogP contribution in [0.5, 0.6) is 0 Å². The lowest BCUT2D eigenvalue weighted by Crippen LogP contribution is -2.53. The molecule has 0 aromatic rings. The Morgan fingerprint density at radius 3 is 2.80 bits per heavy atom. The Bertz CT molecular complexity index is 519. The summed E-state index contributed by atoms with van der Waals surface area (Å²) in [4.78, 5) is 29.2. The molecule has 2 saturated heterocycles. The normalized spacial score (nSPS) is 30.4. The van der Waals surface area contributed by atoms with Crippen LogP contribution in [0.3, 0.4) is 0 Å². The number of likely N-dealkylation sites (tertiary alicyclic amines) is 2. The van der Waals surface area contributed by atoms with Gasteiger partial charge in [0.25, 0.3) is 0 Å². The Kier molecular flexibility index (Phi) is 6.15. The Hall–Kier alpha value is -1.36. The first-order valence-electron chi connectivity index (χ1n) is 9.97. The molecule has 0 aromatic heterocycles. The van der Waals surface area contributed by atoms with Gasteiger partial charge in [-0.05, 0) is 70.3 Å². The van der Waals surface area contributed by atoms with Crippen molar-refractivity contribution in [3.63, 3.8) is 0 Å². The molecule has 0 radical (unpaired) electrons. The first-order chi connectivity index (χ1) is 12.1. The maximum Gasteiger partial charge on any atom is 0.328 e. The third-order valence-electron chi connectivity index (χ3n) is 6.04. The van der Waals surface area contributed by atoms with Crippen LogP contribution in [0, 0.1) is 5.41 Å². The number of piperidine rings is 2. The van der Waals surface area contributed by atoms with Crippen LogP contribution in [0.25, 0.3) is 0 Å². The number of carbonyl (C=O) groups excluding carboxylic acids is 2. The highest BCUT2D eigenvalue weighted by molar-refractivity contribution is 5.85. The van der Waals surface area contributed by atoms with Crippen molar-refractivity contribution in [3.05, 3.63) is 12.2 Å². The average molecular weight is 348 g/mol. The van der Waals surface area contributed by atoms with E-state index in [0.717, 1.165) is 38.8 Å². The van der Waals surface area contributed by atoms with Crippen LogP contribution in [0.4, 0.5) is 0 Å². The van der Waals surface area contributed by atoms with E-state index in [1.54, 1.807) is 4.90 Å². The molecule has 5 heteroatoms. The summed E-state index contributed by atoms with van der Waals surface area (Å²) in [5, 5.41) is 0. The van der Waals surface area contributed by atoms with Crippen molar-refractivity contribution in [3.8, 4) is 0 Å². The number of carbonyl (C=O) groups is 2. The van der Waals surface area contributed by atoms with Crippen LogP contribution in [0.2, 0.25) is 0 Å². The molecule has 1 amide bonds. The van der Waals surface area contributed by atoms with E-state index in [9.17, 15) is 9.59 Å². The molecular weight excluding hydrogens is 316 g/mol. The minimum Gasteiger partial charge on any atom is -0.464 e.